The zero-order chi connectivity index (χ0) is 16.5. The second kappa shape index (κ2) is 10.6. The van der Waals surface area contributed by atoms with Gasteiger partial charge in [-0.2, -0.15) is 5.10 Å². The second-order valence-corrected chi connectivity index (χ2v) is 4.83. The minimum absolute atomic E-state index is 0. The van der Waals surface area contributed by atoms with Crippen LogP contribution in [0, 0.1) is 10.1 Å². The summed E-state index contributed by atoms with van der Waals surface area (Å²) in [6, 6.07) is 3.98. The summed E-state index contributed by atoms with van der Waals surface area (Å²) in [5.74, 6) is 0.723. The van der Waals surface area contributed by atoms with Gasteiger partial charge < -0.3 is 15.2 Å². The van der Waals surface area contributed by atoms with Crippen molar-refractivity contribution in [2.75, 3.05) is 19.6 Å². The van der Waals surface area contributed by atoms with E-state index in [2.05, 4.69) is 25.3 Å². The van der Waals surface area contributed by atoms with Crippen molar-refractivity contribution in [2.45, 2.75) is 20.0 Å². The number of nitro groups is 1. The predicted molar refractivity (Wildman–Crippen MR) is 103 cm³/mol. The Morgan fingerprint density at radius 2 is 2.08 bits per heavy atom. The quantitative estimate of drug-likeness (QED) is 0.210. The maximum atomic E-state index is 10.6. The third-order valence-corrected chi connectivity index (χ3v) is 3.10. The van der Waals surface area contributed by atoms with E-state index < -0.39 is 4.92 Å². The van der Waals surface area contributed by atoms with Crippen molar-refractivity contribution in [3.8, 4) is 0 Å². The third kappa shape index (κ3) is 6.56. The molecular weight excluding hydrogens is 425 g/mol. The lowest BCUT2D eigenvalue weighted by molar-refractivity contribution is -0.385. The van der Waals surface area contributed by atoms with Crippen LogP contribution in [0.15, 0.2) is 41.9 Å². The predicted octanol–water partition coefficient (Wildman–Crippen LogP) is 1.47. The summed E-state index contributed by atoms with van der Waals surface area (Å²) < 4.78 is 3.60. The monoisotopic (exact) mass is 447 g/mol. The van der Waals surface area contributed by atoms with Crippen molar-refractivity contribution < 1.29 is 4.92 Å². The summed E-state index contributed by atoms with van der Waals surface area (Å²) in [6.45, 7) is 5.35. The molecule has 0 bridgehead atoms. The molecule has 0 atom stereocenters. The summed E-state index contributed by atoms with van der Waals surface area (Å²) in [4.78, 5) is 14.6. The van der Waals surface area contributed by atoms with Gasteiger partial charge in [0.15, 0.2) is 5.96 Å². The van der Waals surface area contributed by atoms with Crippen molar-refractivity contribution in [2.24, 2.45) is 4.99 Å². The van der Waals surface area contributed by atoms with Gasteiger partial charge in [-0.1, -0.05) is 0 Å². The van der Waals surface area contributed by atoms with Crippen molar-refractivity contribution in [3.05, 3.63) is 47.0 Å². The number of nitrogens with one attached hydrogen (secondary N) is 2. The van der Waals surface area contributed by atoms with E-state index in [-0.39, 0.29) is 29.7 Å². The van der Waals surface area contributed by atoms with Gasteiger partial charge in [0, 0.05) is 32.0 Å². The first-order chi connectivity index (χ1) is 11.2. The maximum Gasteiger partial charge on any atom is 0.306 e. The van der Waals surface area contributed by atoms with Crippen LogP contribution in [0.1, 0.15) is 6.92 Å². The average Bonchev–Trinajstić information content (AvgIpc) is 3.18. The zero-order valence-electron chi connectivity index (χ0n) is 13.5. The van der Waals surface area contributed by atoms with Crippen molar-refractivity contribution in [1.29, 1.82) is 0 Å². The van der Waals surface area contributed by atoms with Gasteiger partial charge in [0.05, 0.1) is 18.0 Å². The number of nitrogens with zero attached hydrogens (tertiary/aromatic N) is 5. The van der Waals surface area contributed by atoms with Crippen molar-refractivity contribution in [3.63, 3.8) is 0 Å². The Bertz CT molecular complexity index is 639. The van der Waals surface area contributed by atoms with E-state index in [4.69, 9.17) is 0 Å². The van der Waals surface area contributed by atoms with Crippen LogP contribution in [0.5, 0.6) is 0 Å². The smallest absolute Gasteiger partial charge is 0.306 e. The molecular formula is C14H22IN7O2. The lowest BCUT2D eigenvalue weighted by atomic mass is 10.5. The van der Waals surface area contributed by atoms with Gasteiger partial charge >= 0.3 is 5.69 Å². The molecule has 0 saturated heterocycles. The Balaban J connectivity index is 0.00000288. The molecule has 2 N–H and O–H groups in total. The molecule has 0 aliphatic heterocycles. The van der Waals surface area contributed by atoms with E-state index >= 15 is 0 Å². The highest BCUT2D eigenvalue weighted by Gasteiger charge is 2.08. The van der Waals surface area contributed by atoms with Crippen molar-refractivity contribution in [1.82, 2.24) is 25.0 Å². The fraction of sp³-hybridized carbons (Fsp3) is 0.429. The van der Waals surface area contributed by atoms with E-state index in [0.717, 1.165) is 25.6 Å². The highest BCUT2D eigenvalue weighted by atomic mass is 127. The first-order valence-electron chi connectivity index (χ1n) is 7.49. The first kappa shape index (κ1) is 19.9. The van der Waals surface area contributed by atoms with Gasteiger partial charge in [-0.15, -0.1) is 24.0 Å². The van der Waals surface area contributed by atoms with Crippen LogP contribution in [0.2, 0.25) is 0 Å². The summed E-state index contributed by atoms with van der Waals surface area (Å²) in [7, 11) is 0. The molecule has 0 unspecified atom stereocenters. The summed E-state index contributed by atoms with van der Waals surface area (Å²) in [6.07, 6.45) is 6.67. The second-order valence-electron chi connectivity index (χ2n) is 4.83. The Kier molecular flexibility index (Phi) is 8.83. The number of hydrogen-bond donors (Lipinski definition) is 2. The number of aliphatic imine (C=N–C) groups is 1. The lowest BCUT2D eigenvalue weighted by Gasteiger charge is -2.11. The molecule has 0 spiro atoms. The van der Waals surface area contributed by atoms with Crippen LogP contribution < -0.4 is 10.6 Å². The van der Waals surface area contributed by atoms with Crippen LogP contribution in [-0.4, -0.2) is 44.9 Å². The fourth-order valence-corrected chi connectivity index (χ4v) is 2.00. The van der Waals surface area contributed by atoms with Crippen LogP contribution in [0.3, 0.4) is 0 Å². The number of hydrogen-bond acceptors (Lipinski definition) is 4. The normalized spacial score (nSPS) is 11.0. The van der Waals surface area contributed by atoms with Crippen LogP contribution in [0.25, 0.3) is 0 Å². The average molecular weight is 447 g/mol. The molecule has 10 heteroatoms. The highest BCUT2D eigenvalue weighted by molar-refractivity contribution is 14.0. The Labute approximate surface area is 157 Å². The molecule has 9 nitrogen and oxygen atoms in total. The number of guanidine groups is 1. The first-order valence-corrected chi connectivity index (χ1v) is 7.49. The molecule has 0 aromatic carbocycles. The number of halogens is 1. The van der Waals surface area contributed by atoms with Gasteiger partial charge in [0.25, 0.3) is 0 Å². The molecule has 2 heterocycles. The molecule has 2 aromatic heterocycles. The van der Waals surface area contributed by atoms with Gasteiger partial charge in [-0.3, -0.25) is 19.8 Å². The molecule has 0 saturated carbocycles. The zero-order valence-corrected chi connectivity index (χ0v) is 15.8. The van der Waals surface area contributed by atoms with E-state index in [1.807, 2.05) is 31.5 Å². The van der Waals surface area contributed by atoms with E-state index in [1.165, 1.54) is 17.1 Å². The minimum atomic E-state index is -0.459. The standard InChI is InChI=1S/C14H21N7O2.HI/c1-2-15-14(16-5-9-19-7-3-4-8-19)17-6-10-20-12-13(11-18-20)21(22)23;/h3-4,7-8,11-12H,2,5-6,9-10H2,1H3,(H2,15,16,17);1H. The highest BCUT2D eigenvalue weighted by Crippen LogP contribution is 2.07. The largest absolute Gasteiger partial charge is 0.357 e. The van der Waals surface area contributed by atoms with Crippen molar-refractivity contribution >= 4 is 35.6 Å². The molecule has 132 valence electrons. The summed E-state index contributed by atoms with van der Waals surface area (Å²) >= 11 is 0. The van der Waals surface area contributed by atoms with E-state index in [1.54, 1.807) is 0 Å². The molecule has 0 fully saturated rings. The topological polar surface area (TPSA) is 102 Å². The van der Waals surface area contributed by atoms with Crippen LogP contribution >= 0.6 is 24.0 Å². The molecule has 2 aromatic rings. The number of aromatic nitrogens is 3. The minimum Gasteiger partial charge on any atom is -0.357 e. The molecule has 0 amide bonds. The van der Waals surface area contributed by atoms with E-state index in [0.29, 0.717) is 13.1 Å². The molecule has 0 aliphatic rings. The molecule has 2 rings (SSSR count). The SMILES string of the molecule is CCNC(=NCCn1cc([N+](=O)[O-])cn1)NCCn1cccc1.I. The molecule has 0 aliphatic carbocycles. The molecule has 0 radical (unpaired) electrons. The van der Waals surface area contributed by atoms with Gasteiger partial charge in [0.1, 0.15) is 12.4 Å². The Morgan fingerprint density at radius 3 is 2.71 bits per heavy atom. The van der Waals surface area contributed by atoms with Gasteiger partial charge in [-0.05, 0) is 19.1 Å². The van der Waals surface area contributed by atoms with Gasteiger partial charge in [0.2, 0.25) is 0 Å². The lowest BCUT2D eigenvalue weighted by Crippen LogP contribution is -2.39. The fourth-order valence-electron chi connectivity index (χ4n) is 2.00. The molecule has 24 heavy (non-hydrogen) atoms. The van der Waals surface area contributed by atoms with E-state index in [9.17, 15) is 10.1 Å². The van der Waals surface area contributed by atoms with Crippen LogP contribution in [-0.2, 0) is 13.1 Å². The number of rotatable bonds is 8. The van der Waals surface area contributed by atoms with Gasteiger partial charge in [-0.25, -0.2) is 0 Å². The summed E-state index contributed by atoms with van der Waals surface area (Å²) in [5.41, 5.74) is -0.00858. The van der Waals surface area contributed by atoms with Crippen LogP contribution in [0.4, 0.5) is 5.69 Å². The third-order valence-electron chi connectivity index (χ3n) is 3.10. The Morgan fingerprint density at radius 1 is 1.33 bits per heavy atom. The summed E-state index contributed by atoms with van der Waals surface area (Å²) in [5, 5.41) is 21.0. The maximum absolute atomic E-state index is 10.6. The Hall–Kier alpha value is -2.11.